The second kappa shape index (κ2) is 6.52. The molecule has 1 amide bonds. The van der Waals surface area contributed by atoms with Crippen molar-refractivity contribution in [2.45, 2.75) is 19.3 Å². The Bertz CT molecular complexity index is 500. The molecule has 1 aliphatic carbocycles. The minimum Gasteiger partial charge on any atom is -0.480 e. The van der Waals surface area contributed by atoms with Crippen LogP contribution in [0, 0.1) is 12.8 Å². The highest BCUT2D eigenvalue weighted by Gasteiger charge is 2.44. The standard InChI is InChI=1S/C15H19NO4/c1-10-4-2-3-5-11(10)12-8-13(12)15(19)16-6-7-20-9-14(17)18/h2-5,12-13H,6-9H2,1H3,(H,16,19)(H,17,18). The lowest BCUT2D eigenvalue weighted by molar-refractivity contribution is -0.142. The monoisotopic (exact) mass is 277 g/mol. The van der Waals surface area contributed by atoms with Crippen LogP contribution >= 0.6 is 0 Å². The van der Waals surface area contributed by atoms with E-state index in [2.05, 4.69) is 24.4 Å². The molecule has 2 rings (SSSR count). The number of rotatable bonds is 7. The van der Waals surface area contributed by atoms with Crippen molar-refractivity contribution in [3.05, 3.63) is 35.4 Å². The summed E-state index contributed by atoms with van der Waals surface area (Å²) in [6.45, 7) is 2.30. The van der Waals surface area contributed by atoms with Gasteiger partial charge in [-0.1, -0.05) is 24.3 Å². The maximum atomic E-state index is 11.9. The van der Waals surface area contributed by atoms with Gasteiger partial charge in [0.2, 0.25) is 5.91 Å². The van der Waals surface area contributed by atoms with Crippen molar-refractivity contribution < 1.29 is 19.4 Å². The number of carbonyl (C=O) groups excluding carboxylic acids is 1. The zero-order valence-corrected chi connectivity index (χ0v) is 11.5. The van der Waals surface area contributed by atoms with E-state index in [0.29, 0.717) is 12.5 Å². The van der Waals surface area contributed by atoms with Crippen LogP contribution in [-0.2, 0) is 14.3 Å². The quantitative estimate of drug-likeness (QED) is 0.737. The first-order valence-electron chi connectivity index (χ1n) is 6.72. The van der Waals surface area contributed by atoms with Gasteiger partial charge in [-0.15, -0.1) is 0 Å². The van der Waals surface area contributed by atoms with Gasteiger partial charge in [-0.05, 0) is 30.4 Å². The first kappa shape index (κ1) is 14.5. The highest BCUT2D eigenvalue weighted by molar-refractivity contribution is 5.83. The molecule has 20 heavy (non-hydrogen) atoms. The van der Waals surface area contributed by atoms with Gasteiger partial charge in [0.25, 0.3) is 0 Å². The average molecular weight is 277 g/mol. The predicted octanol–water partition coefficient (Wildman–Crippen LogP) is 1.32. The van der Waals surface area contributed by atoms with Crippen LogP contribution in [0.5, 0.6) is 0 Å². The molecule has 0 saturated heterocycles. The summed E-state index contributed by atoms with van der Waals surface area (Å²) in [7, 11) is 0. The Kier molecular flexibility index (Phi) is 4.74. The highest BCUT2D eigenvalue weighted by atomic mass is 16.5. The molecule has 5 nitrogen and oxygen atoms in total. The van der Waals surface area contributed by atoms with E-state index in [1.54, 1.807) is 0 Å². The average Bonchev–Trinajstić information content (AvgIpc) is 3.18. The molecular weight excluding hydrogens is 258 g/mol. The van der Waals surface area contributed by atoms with Gasteiger partial charge in [-0.25, -0.2) is 4.79 Å². The van der Waals surface area contributed by atoms with Crippen LogP contribution in [0.4, 0.5) is 0 Å². The smallest absolute Gasteiger partial charge is 0.329 e. The maximum Gasteiger partial charge on any atom is 0.329 e. The Balaban J connectivity index is 1.71. The molecule has 1 aliphatic rings. The summed E-state index contributed by atoms with van der Waals surface area (Å²) in [5, 5.41) is 11.2. The third-order valence-electron chi connectivity index (χ3n) is 3.49. The van der Waals surface area contributed by atoms with Gasteiger partial charge < -0.3 is 15.2 Å². The Hall–Kier alpha value is -1.88. The molecule has 1 aromatic rings. The van der Waals surface area contributed by atoms with Gasteiger partial charge in [0, 0.05) is 12.5 Å². The number of hydrogen-bond donors (Lipinski definition) is 2. The molecule has 1 saturated carbocycles. The normalized spacial score (nSPS) is 20.4. The Morgan fingerprint density at radius 2 is 2.15 bits per heavy atom. The van der Waals surface area contributed by atoms with Crippen molar-refractivity contribution in [3.8, 4) is 0 Å². The van der Waals surface area contributed by atoms with Crippen molar-refractivity contribution in [1.29, 1.82) is 0 Å². The van der Waals surface area contributed by atoms with E-state index in [9.17, 15) is 9.59 Å². The van der Waals surface area contributed by atoms with Crippen molar-refractivity contribution in [1.82, 2.24) is 5.32 Å². The first-order chi connectivity index (χ1) is 9.59. The first-order valence-corrected chi connectivity index (χ1v) is 6.72. The highest BCUT2D eigenvalue weighted by Crippen LogP contribution is 2.48. The van der Waals surface area contributed by atoms with Gasteiger partial charge in [0.1, 0.15) is 6.61 Å². The summed E-state index contributed by atoms with van der Waals surface area (Å²) < 4.78 is 4.86. The Labute approximate surface area is 117 Å². The van der Waals surface area contributed by atoms with E-state index in [-0.39, 0.29) is 25.0 Å². The number of carboxylic acid groups (broad SMARTS) is 1. The lowest BCUT2D eigenvalue weighted by atomic mass is 10.0. The van der Waals surface area contributed by atoms with Crippen LogP contribution in [0.2, 0.25) is 0 Å². The van der Waals surface area contributed by atoms with Crippen LogP contribution in [-0.4, -0.2) is 36.7 Å². The van der Waals surface area contributed by atoms with Gasteiger partial charge in [-0.3, -0.25) is 4.79 Å². The molecule has 0 aromatic heterocycles. The Morgan fingerprint density at radius 3 is 2.85 bits per heavy atom. The topological polar surface area (TPSA) is 75.6 Å². The van der Waals surface area contributed by atoms with Crippen LogP contribution in [0.25, 0.3) is 0 Å². The SMILES string of the molecule is Cc1ccccc1C1CC1C(=O)NCCOCC(=O)O. The molecule has 5 heteroatoms. The molecule has 0 bridgehead atoms. The molecule has 108 valence electrons. The predicted molar refractivity (Wildman–Crippen MR) is 73.5 cm³/mol. The molecular formula is C15H19NO4. The van der Waals surface area contributed by atoms with Crippen LogP contribution < -0.4 is 5.32 Å². The van der Waals surface area contributed by atoms with Crippen molar-refractivity contribution in [3.63, 3.8) is 0 Å². The summed E-state index contributed by atoms with van der Waals surface area (Å²) in [4.78, 5) is 22.1. The van der Waals surface area contributed by atoms with Crippen LogP contribution in [0.1, 0.15) is 23.5 Å². The van der Waals surface area contributed by atoms with E-state index >= 15 is 0 Å². The molecule has 0 radical (unpaired) electrons. The fourth-order valence-electron chi connectivity index (χ4n) is 2.37. The van der Waals surface area contributed by atoms with Gasteiger partial charge >= 0.3 is 5.97 Å². The zero-order valence-electron chi connectivity index (χ0n) is 11.5. The number of carboxylic acids is 1. The van der Waals surface area contributed by atoms with E-state index in [0.717, 1.165) is 6.42 Å². The molecule has 0 aliphatic heterocycles. The van der Waals surface area contributed by atoms with Crippen LogP contribution in [0.3, 0.4) is 0 Å². The number of aliphatic carboxylic acids is 1. The fourth-order valence-corrected chi connectivity index (χ4v) is 2.37. The van der Waals surface area contributed by atoms with E-state index in [4.69, 9.17) is 9.84 Å². The summed E-state index contributed by atoms with van der Waals surface area (Å²) in [6.07, 6.45) is 0.882. The molecule has 1 fully saturated rings. The lowest BCUT2D eigenvalue weighted by Crippen LogP contribution is -2.29. The van der Waals surface area contributed by atoms with Crippen molar-refractivity contribution in [2.24, 2.45) is 5.92 Å². The van der Waals surface area contributed by atoms with Gasteiger partial charge in [0.05, 0.1) is 6.61 Å². The molecule has 2 atom stereocenters. The van der Waals surface area contributed by atoms with Crippen LogP contribution in [0.15, 0.2) is 24.3 Å². The molecule has 2 unspecified atom stereocenters. The third-order valence-corrected chi connectivity index (χ3v) is 3.49. The van der Waals surface area contributed by atoms with E-state index < -0.39 is 5.97 Å². The zero-order chi connectivity index (χ0) is 14.5. The van der Waals surface area contributed by atoms with Gasteiger partial charge in [0.15, 0.2) is 0 Å². The number of amides is 1. The minimum atomic E-state index is -1.00. The number of ether oxygens (including phenoxy) is 1. The number of benzene rings is 1. The van der Waals surface area contributed by atoms with Gasteiger partial charge in [-0.2, -0.15) is 0 Å². The Morgan fingerprint density at radius 1 is 1.40 bits per heavy atom. The second-order valence-electron chi connectivity index (χ2n) is 5.04. The number of carbonyl (C=O) groups is 2. The van der Waals surface area contributed by atoms with Crippen molar-refractivity contribution >= 4 is 11.9 Å². The second-order valence-corrected chi connectivity index (χ2v) is 5.04. The van der Waals surface area contributed by atoms with Crippen molar-refractivity contribution in [2.75, 3.05) is 19.8 Å². The summed E-state index contributed by atoms with van der Waals surface area (Å²) in [5.41, 5.74) is 2.47. The molecule has 1 aromatic carbocycles. The summed E-state index contributed by atoms with van der Waals surface area (Å²) in [5.74, 6) is -0.623. The number of hydrogen-bond acceptors (Lipinski definition) is 3. The lowest BCUT2D eigenvalue weighted by Gasteiger charge is -2.06. The summed E-state index contributed by atoms with van der Waals surface area (Å²) in [6, 6.07) is 8.12. The molecule has 0 heterocycles. The number of aryl methyl sites for hydroxylation is 1. The largest absolute Gasteiger partial charge is 0.480 e. The fraction of sp³-hybridized carbons (Fsp3) is 0.467. The minimum absolute atomic E-state index is 0.0252. The summed E-state index contributed by atoms with van der Waals surface area (Å²) >= 11 is 0. The van der Waals surface area contributed by atoms with E-state index in [1.165, 1.54) is 11.1 Å². The maximum absolute atomic E-state index is 11.9. The molecule has 2 N–H and O–H groups in total. The van der Waals surface area contributed by atoms with E-state index in [1.807, 2.05) is 12.1 Å². The molecule has 0 spiro atoms. The number of nitrogens with one attached hydrogen (secondary N) is 1. The third kappa shape index (κ3) is 3.81.